The molecule has 4 heteroatoms. The van der Waals surface area contributed by atoms with Crippen LogP contribution in [0.2, 0.25) is 0 Å². The minimum absolute atomic E-state index is 0.207. The maximum absolute atomic E-state index is 10.2. The topological polar surface area (TPSA) is 69.6 Å². The number of carboxylic acid groups (broad SMARTS) is 1. The van der Waals surface area contributed by atoms with Gasteiger partial charge in [0.2, 0.25) is 0 Å². The minimum atomic E-state index is -0.742. The smallest absolute Gasteiger partial charge is 0.303 e. The first-order valence-corrected chi connectivity index (χ1v) is 6.02. The molecule has 0 aliphatic carbocycles. The molecule has 98 valence electrons. The Labute approximate surface area is 107 Å². The average Bonchev–Trinajstić information content (AvgIpc) is 2.39. The summed E-state index contributed by atoms with van der Waals surface area (Å²) in [6.45, 7) is 0.900. The maximum Gasteiger partial charge on any atom is 0.303 e. The summed E-state index contributed by atoms with van der Waals surface area (Å²) in [7, 11) is 0. The van der Waals surface area contributed by atoms with Crippen molar-refractivity contribution in [2.45, 2.75) is 25.4 Å². The Morgan fingerprint density at radius 1 is 1.33 bits per heavy atom. The van der Waals surface area contributed by atoms with Gasteiger partial charge in [0.15, 0.2) is 0 Å². The summed E-state index contributed by atoms with van der Waals surface area (Å²) in [5.41, 5.74) is 1.08. The zero-order chi connectivity index (χ0) is 13.2. The van der Waals surface area contributed by atoms with Crippen LogP contribution in [0.15, 0.2) is 42.6 Å². The first-order valence-electron chi connectivity index (χ1n) is 6.02. The van der Waals surface area contributed by atoms with Crippen molar-refractivity contribution in [3.05, 3.63) is 48.2 Å². The normalized spacial score (nSPS) is 17.3. The average molecular weight is 249 g/mol. The summed E-state index contributed by atoms with van der Waals surface area (Å²) in [5.74, 6) is -0.742. The lowest BCUT2D eigenvalue weighted by Crippen LogP contribution is -2.19. The maximum atomic E-state index is 10.2. The van der Waals surface area contributed by atoms with E-state index in [-0.39, 0.29) is 12.5 Å². The van der Waals surface area contributed by atoms with Crippen molar-refractivity contribution in [1.29, 1.82) is 0 Å². The van der Waals surface area contributed by atoms with E-state index < -0.39 is 5.97 Å². The van der Waals surface area contributed by atoms with Crippen LogP contribution in [0.4, 0.5) is 0 Å². The van der Waals surface area contributed by atoms with Gasteiger partial charge in [-0.15, -0.1) is 0 Å². The van der Waals surface area contributed by atoms with Crippen molar-refractivity contribution in [3.8, 4) is 0 Å². The highest BCUT2D eigenvalue weighted by atomic mass is 16.4. The summed E-state index contributed by atoms with van der Waals surface area (Å²) in [4.78, 5) is 10.2. The monoisotopic (exact) mass is 249 g/mol. The van der Waals surface area contributed by atoms with Gasteiger partial charge in [-0.25, -0.2) is 0 Å². The highest BCUT2D eigenvalue weighted by molar-refractivity contribution is 5.67. The molecule has 1 aromatic carbocycles. The Kier molecular flexibility index (Phi) is 6.58. The fraction of sp³-hybridized carbons (Fsp3) is 0.357. The molecule has 1 aromatic rings. The second kappa shape index (κ2) is 8.31. The van der Waals surface area contributed by atoms with E-state index in [4.69, 9.17) is 10.2 Å². The van der Waals surface area contributed by atoms with Crippen LogP contribution < -0.4 is 5.32 Å². The van der Waals surface area contributed by atoms with Crippen LogP contribution in [0.3, 0.4) is 0 Å². The van der Waals surface area contributed by atoms with Crippen molar-refractivity contribution in [3.63, 3.8) is 0 Å². The van der Waals surface area contributed by atoms with Gasteiger partial charge >= 0.3 is 5.97 Å². The van der Waals surface area contributed by atoms with Crippen LogP contribution in [0.25, 0.3) is 0 Å². The first kappa shape index (κ1) is 14.3. The highest BCUT2D eigenvalue weighted by Crippen LogP contribution is 2.01. The lowest BCUT2D eigenvalue weighted by atomic mass is 10.1. The molecule has 18 heavy (non-hydrogen) atoms. The van der Waals surface area contributed by atoms with Crippen LogP contribution in [0.1, 0.15) is 18.4 Å². The van der Waals surface area contributed by atoms with Crippen LogP contribution >= 0.6 is 0 Å². The Morgan fingerprint density at radius 3 is 2.50 bits per heavy atom. The summed E-state index contributed by atoms with van der Waals surface area (Å²) < 4.78 is 0. The number of aliphatic hydroxyl groups is 1. The predicted molar refractivity (Wildman–Crippen MR) is 70.2 cm³/mol. The van der Waals surface area contributed by atoms with Crippen LogP contribution in [0, 0.1) is 0 Å². The van der Waals surface area contributed by atoms with E-state index in [0.29, 0.717) is 6.42 Å². The number of carbonyl (C=O) groups is 1. The second-order valence-corrected chi connectivity index (χ2v) is 4.05. The number of hydrogen-bond acceptors (Lipinski definition) is 3. The third-order valence-corrected chi connectivity index (χ3v) is 2.49. The third-order valence-electron chi connectivity index (χ3n) is 2.49. The first-order chi connectivity index (χ1) is 8.68. The molecule has 4 nitrogen and oxygen atoms in total. The molecule has 1 aliphatic rings. The summed E-state index contributed by atoms with van der Waals surface area (Å²) in [5, 5.41) is 20.1. The van der Waals surface area contributed by atoms with Crippen LogP contribution in [-0.4, -0.2) is 28.8 Å². The number of aryl methyl sites for hydroxylation is 1. The number of rotatable bonds is 3. The molecule has 0 fully saturated rings. The minimum Gasteiger partial charge on any atom is -0.481 e. The molecule has 3 N–H and O–H groups in total. The molecule has 0 bridgehead atoms. The number of aliphatic carboxylic acids is 1. The molecule has 1 heterocycles. The van der Waals surface area contributed by atoms with Gasteiger partial charge < -0.3 is 15.5 Å². The standard InChI is InChI=1S/C9H10O2.C5H9NO/c10-9(11)7-6-8-4-2-1-3-5-8;7-5-1-3-6-4-2-5/h1-5H,6-7H2,(H,10,11);1,3,5-7H,2,4H2. The van der Waals surface area contributed by atoms with Crippen LogP contribution in [-0.2, 0) is 11.2 Å². The van der Waals surface area contributed by atoms with Crippen molar-refractivity contribution < 1.29 is 15.0 Å². The number of hydrogen-bond donors (Lipinski definition) is 3. The Bertz CT molecular complexity index is 376. The molecule has 0 radical (unpaired) electrons. The summed E-state index contributed by atoms with van der Waals surface area (Å²) in [6.07, 6.45) is 5.01. The predicted octanol–water partition coefficient (Wildman–Crippen LogP) is 1.56. The van der Waals surface area contributed by atoms with E-state index >= 15 is 0 Å². The lowest BCUT2D eigenvalue weighted by Gasteiger charge is -2.09. The van der Waals surface area contributed by atoms with Crippen molar-refractivity contribution >= 4 is 5.97 Å². The Hall–Kier alpha value is -1.81. The molecule has 1 aliphatic heterocycles. The van der Waals surface area contributed by atoms with Crippen molar-refractivity contribution in [1.82, 2.24) is 5.32 Å². The van der Waals surface area contributed by atoms with Gasteiger partial charge in [0, 0.05) is 13.0 Å². The fourth-order valence-corrected chi connectivity index (χ4v) is 1.49. The molecule has 1 atom stereocenters. The highest BCUT2D eigenvalue weighted by Gasteiger charge is 1.99. The third kappa shape index (κ3) is 6.70. The molecule has 1 unspecified atom stereocenters. The van der Waals surface area contributed by atoms with Gasteiger partial charge in [-0.2, -0.15) is 0 Å². The zero-order valence-corrected chi connectivity index (χ0v) is 10.2. The second-order valence-electron chi connectivity index (χ2n) is 4.05. The van der Waals surface area contributed by atoms with E-state index in [1.807, 2.05) is 30.3 Å². The number of benzene rings is 1. The van der Waals surface area contributed by atoms with Gasteiger partial charge in [-0.1, -0.05) is 30.3 Å². The van der Waals surface area contributed by atoms with E-state index in [1.165, 1.54) is 0 Å². The molecule has 0 saturated heterocycles. The van der Waals surface area contributed by atoms with E-state index in [2.05, 4.69) is 5.32 Å². The molecular weight excluding hydrogens is 230 g/mol. The van der Waals surface area contributed by atoms with Gasteiger partial charge in [0.05, 0.1) is 6.10 Å². The van der Waals surface area contributed by atoms with Gasteiger partial charge in [0.1, 0.15) is 0 Å². The summed E-state index contributed by atoms with van der Waals surface area (Å²) in [6, 6.07) is 9.62. The fourth-order valence-electron chi connectivity index (χ4n) is 1.49. The van der Waals surface area contributed by atoms with Crippen molar-refractivity contribution in [2.75, 3.05) is 6.54 Å². The van der Waals surface area contributed by atoms with Crippen LogP contribution in [0.5, 0.6) is 0 Å². The number of carboxylic acids is 1. The Morgan fingerprint density at radius 2 is 2.06 bits per heavy atom. The summed E-state index contributed by atoms with van der Waals surface area (Å²) >= 11 is 0. The lowest BCUT2D eigenvalue weighted by molar-refractivity contribution is -0.136. The molecule has 0 amide bonds. The number of nitrogens with one attached hydrogen (secondary N) is 1. The largest absolute Gasteiger partial charge is 0.481 e. The molecular formula is C14H19NO3. The van der Waals surface area contributed by atoms with Gasteiger partial charge in [-0.05, 0) is 30.7 Å². The van der Waals surface area contributed by atoms with E-state index in [1.54, 1.807) is 12.3 Å². The molecule has 0 spiro atoms. The molecule has 0 aromatic heterocycles. The molecule has 2 rings (SSSR count). The number of aliphatic hydroxyl groups excluding tert-OH is 1. The Balaban J connectivity index is 0.000000199. The quantitative estimate of drug-likeness (QED) is 0.760. The van der Waals surface area contributed by atoms with E-state index in [0.717, 1.165) is 18.5 Å². The zero-order valence-electron chi connectivity index (χ0n) is 10.2. The van der Waals surface area contributed by atoms with E-state index in [9.17, 15) is 4.79 Å². The van der Waals surface area contributed by atoms with Gasteiger partial charge in [0.25, 0.3) is 0 Å². The SMILES string of the molecule is O=C(O)CCc1ccccc1.OC1C=CNCC1. The van der Waals surface area contributed by atoms with Gasteiger partial charge in [-0.3, -0.25) is 4.79 Å². The van der Waals surface area contributed by atoms with Crippen molar-refractivity contribution in [2.24, 2.45) is 0 Å². The molecule has 0 saturated carbocycles.